The first-order valence-corrected chi connectivity index (χ1v) is 3.53. The van der Waals surface area contributed by atoms with Gasteiger partial charge in [0.2, 0.25) is 0 Å². The van der Waals surface area contributed by atoms with Gasteiger partial charge in [0, 0.05) is 18.3 Å². The van der Waals surface area contributed by atoms with Gasteiger partial charge in [-0.25, -0.2) is 0 Å². The highest BCUT2D eigenvalue weighted by atomic mass is 15.0. The van der Waals surface area contributed by atoms with Crippen molar-refractivity contribution in [2.24, 2.45) is 4.99 Å². The van der Waals surface area contributed by atoms with Gasteiger partial charge < -0.3 is 5.32 Å². The van der Waals surface area contributed by atoms with Crippen molar-refractivity contribution in [3.63, 3.8) is 0 Å². The number of aliphatic imine (C=N–C) groups is 1. The van der Waals surface area contributed by atoms with Crippen molar-refractivity contribution >= 4 is 6.21 Å². The maximum atomic E-state index is 4.25. The molecule has 2 aliphatic heterocycles. The van der Waals surface area contributed by atoms with E-state index >= 15 is 0 Å². The monoisotopic (exact) mass is 123 g/mol. The van der Waals surface area contributed by atoms with Crippen molar-refractivity contribution in [2.75, 3.05) is 6.54 Å². The molecule has 0 aliphatic carbocycles. The largest absolute Gasteiger partial charge is 0.304 e. The van der Waals surface area contributed by atoms with Gasteiger partial charge in [-0.15, -0.1) is 0 Å². The lowest BCUT2D eigenvalue weighted by Crippen LogP contribution is -2.47. The number of nitrogens with one attached hydrogen (secondary N) is 1. The van der Waals surface area contributed by atoms with E-state index in [0.29, 0.717) is 12.1 Å². The Morgan fingerprint density at radius 2 is 2.44 bits per heavy atom. The minimum absolute atomic E-state index is 0.553. The second kappa shape index (κ2) is 2.10. The Balaban J connectivity index is 2.09. The molecule has 1 saturated heterocycles. The molecule has 1 radical (unpaired) electrons. The number of hydrogen-bond donors (Lipinski definition) is 1. The summed E-state index contributed by atoms with van der Waals surface area (Å²) in [6, 6.07) is 1.20. The van der Waals surface area contributed by atoms with Crippen LogP contribution in [0.3, 0.4) is 0 Å². The van der Waals surface area contributed by atoms with Gasteiger partial charge in [-0.3, -0.25) is 4.99 Å². The molecule has 0 spiro atoms. The Kier molecular flexibility index (Phi) is 1.27. The van der Waals surface area contributed by atoms with Crippen molar-refractivity contribution in [2.45, 2.75) is 24.9 Å². The first-order valence-electron chi connectivity index (χ1n) is 3.53. The van der Waals surface area contributed by atoms with Gasteiger partial charge in [-0.05, 0) is 19.3 Å². The number of fused-ring (bicyclic) bond motifs is 2. The van der Waals surface area contributed by atoms with Crippen molar-refractivity contribution in [3.8, 4) is 0 Å². The van der Waals surface area contributed by atoms with Gasteiger partial charge in [-0.2, -0.15) is 0 Å². The molecule has 2 rings (SSSR count). The van der Waals surface area contributed by atoms with E-state index in [-0.39, 0.29) is 0 Å². The van der Waals surface area contributed by atoms with E-state index in [0.717, 1.165) is 6.54 Å². The smallest absolute Gasteiger partial charge is 0.0540 e. The van der Waals surface area contributed by atoms with Crippen LogP contribution in [0.25, 0.3) is 0 Å². The lowest BCUT2D eigenvalue weighted by Gasteiger charge is -2.30. The average molecular weight is 123 g/mol. The van der Waals surface area contributed by atoms with Crippen LogP contribution in [0.1, 0.15) is 12.8 Å². The third-order valence-electron chi connectivity index (χ3n) is 1.93. The molecule has 2 heterocycles. The molecule has 0 saturated carbocycles. The third-order valence-corrected chi connectivity index (χ3v) is 1.93. The van der Waals surface area contributed by atoms with E-state index in [4.69, 9.17) is 0 Å². The molecule has 9 heavy (non-hydrogen) atoms. The quantitative estimate of drug-likeness (QED) is 0.495. The molecular formula is C7H11N2. The Hall–Kier alpha value is -0.370. The minimum Gasteiger partial charge on any atom is -0.304 e. The summed E-state index contributed by atoms with van der Waals surface area (Å²) >= 11 is 0. The lowest BCUT2D eigenvalue weighted by atomic mass is 9.97. The Labute approximate surface area is 55.4 Å². The molecule has 2 nitrogen and oxygen atoms in total. The molecule has 2 heteroatoms. The van der Waals surface area contributed by atoms with E-state index in [2.05, 4.69) is 16.7 Å². The fourth-order valence-electron chi connectivity index (χ4n) is 1.46. The SMILES string of the molecule is [CH]1CC2C=NCC(C1)N2. The number of rotatable bonds is 0. The molecule has 2 bridgehead atoms. The van der Waals surface area contributed by atoms with E-state index < -0.39 is 0 Å². The zero-order valence-corrected chi connectivity index (χ0v) is 5.38. The number of piperidine rings is 1. The Morgan fingerprint density at radius 1 is 1.44 bits per heavy atom. The summed E-state index contributed by atoms with van der Waals surface area (Å²) in [6.45, 7) is 0.979. The van der Waals surface area contributed by atoms with Crippen LogP contribution >= 0.6 is 0 Å². The molecule has 1 fully saturated rings. The van der Waals surface area contributed by atoms with Crippen LogP contribution in [0.4, 0.5) is 0 Å². The van der Waals surface area contributed by atoms with E-state index in [1.165, 1.54) is 12.8 Å². The van der Waals surface area contributed by atoms with Gasteiger partial charge in [0.15, 0.2) is 0 Å². The highest BCUT2D eigenvalue weighted by molar-refractivity contribution is 5.66. The summed E-state index contributed by atoms with van der Waals surface area (Å²) in [5.74, 6) is 0. The predicted molar refractivity (Wildman–Crippen MR) is 37.6 cm³/mol. The maximum absolute atomic E-state index is 4.25. The van der Waals surface area contributed by atoms with Gasteiger partial charge in [-0.1, -0.05) is 0 Å². The Bertz CT molecular complexity index is 131. The summed E-state index contributed by atoms with van der Waals surface area (Å²) in [7, 11) is 0. The topological polar surface area (TPSA) is 24.4 Å². The van der Waals surface area contributed by atoms with Crippen LogP contribution in [0.2, 0.25) is 0 Å². The third kappa shape index (κ3) is 0.990. The molecular weight excluding hydrogens is 112 g/mol. The summed E-state index contributed by atoms with van der Waals surface area (Å²) in [4.78, 5) is 4.25. The molecule has 2 atom stereocenters. The molecule has 49 valence electrons. The van der Waals surface area contributed by atoms with Gasteiger partial charge in [0.1, 0.15) is 0 Å². The number of nitrogens with zero attached hydrogens (tertiary/aromatic N) is 1. The zero-order valence-electron chi connectivity index (χ0n) is 5.38. The zero-order chi connectivity index (χ0) is 6.10. The standard InChI is InChI=1S/C7H11N2/c1-2-6-4-8-5-7(3-1)9-6/h1,4,6-7,9H,2-3,5H2. The normalized spacial score (nSPS) is 40.9. The molecule has 0 amide bonds. The van der Waals surface area contributed by atoms with Crippen LogP contribution in [0.15, 0.2) is 4.99 Å². The van der Waals surface area contributed by atoms with Crippen LogP contribution in [-0.2, 0) is 0 Å². The molecule has 2 aliphatic rings. The summed E-state index contributed by atoms with van der Waals surface area (Å²) in [6.07, 6.45) is 6.76. The first-order chi connectivity index (χ1) is 4.45. The van der Waals surface area contributed by atoms with Crippen molar-refractivity contribution in [1.29, 1.82) is 0 Å². The molecule has 0 aromatic carbocycles. The van der Waals surface area contributed by atoms with Crippen LogP contribution in [0, 0.1) is 6.42 Å². The van der Waals surface area contributed by atoms with Crippen molar-refractivity contribution < 1.29 is 0 Å². The van der Waals surface area contributed by atoms with Crippen LogP contribution < -0.4 is 5.32 Å². The van der Waals surface area contributed by atoms with E-state index in [9.17, 15) is 0 Å². The molecule has 0 aromatic rings. The maximum Gasteiger partial charge on any atom is 0.0540 e. The van der Waals surface area contributed by atoms with Crippen molar-refractivity contribution in [1.82, 2.24) is 5.32 Å². The average Bonchev–Trinajstić information content (AvgIpc) is 1.88. The fraction of sp³-hybridized carbons (Fsp3) is 0.714. The molecule has 2 unspecified atom stereocenters. The summed E-state index contributed by atoms with van der Waals surface area (Å²) in [5.41, 5.74) is 0. The highest BCUT2D eigenvalue weighted by Gasteiger charge is 2.21. The lowest BCUT2D eigenvalue weighted by molar-refractivity contribution is 0.416. The number of hydrogen-bond acceptors (Lipinski definition) is 2. The highest BCUT2D eigenvalue weighted by Crippen LogP contribution is 2.13. The fourth-order valence-corrected chi connectivity index (χ4v) is 1.46. The van der Waals surface area contributed by atoms with Crippen LogP contribution in [0.5, 0.6) is 0 Å². The van der Waals surface area contributed by atoms with Gasteiger partial charge in [0.05, 0.1) is 6.54 Å². The van der Waals surface area contributed by atoms with Gasteiger partial charge >= 0.3 is 0 Å². The van der Waals surface area contributed by atoms with E-state index in [1.807, 2.05) is 6.21 Å². The first kappa shape index (κ1) is 5.42. The van der Waals surface area contributed by atoms with Crippen molar-refractivity contribution in [3.05, 3.63) is 6.42 Å². The second-order valence-electron chi connectivity index (χ2n) is 2.74. The summed E-state index contributed by atoms with van der Waals surface area (Å²) < 4.78 is 0. The second-order valence-corrected chi connectivity index (χ2v) is 2.74. The Morgan fingerprint density at radius 3 is 3.22 bits per heavy atom. The molecule has 0 aromatic heterocycles. The summed E-state index contributed by atoms with van der Waals surface area (Å²) in [5, 5.41) is 3.47. The minimum atomic E-state index is 0.553. The molecule has 1 N–H and O–H groups in total. The van der Waals surface area contributed by atoms with E-state index in [1.54, 1.807) is 0 Å². The van der Waals surface area contributed by atoms with Crippen LogP contribution in [-0.4, -0.2) is 24.8 Å². The van der Waals surface area contributed by atoms with Gasteiger partial charge in [0.25, 0.3) is 0 Å². The predicted octanol–water partition coefficient (Wildman–Crippen LogP) is 0.396.